The molecule has 1 unspecified atom stereocenters. The Morgan fingerprint density at radius 3 is 2.62 bits per heavy atom. The number of anilines is 1. The number of esters is 1. The predicted octanol–water partition coefficient (Wildman–Crippen LogP) is 2.86. The van der Waals surface area contributed by atoms with Crippen molar-refractivity contribution in [1.29, 1.82) is 0 Å². The maximum absolute atomic E-state index is 11.2. The zero-order chi connectivity index (χ0) is 15.1. The van der Waals surface area contributed by atoms with E-state index in [1.165, 1.54) is 12.0 Å². The molecule has 0 saturated carbocycles. The maximum atomic E-state index is 11.2. The molecule has 0 aliphatic heterocycles. The molecule has 1 atom stereocenters. The molecule has 1 N–H and O–H groups in total. The quantitative estimate of drug-likeness (QED) is 0.654. The molecule has 2 rings (SSSR count). The van der Waals surface area contributed by atoms with E-state index in [1.54, 1.807) is 23.9 Å². The smallest absolute Gasteiger partial charge is 0.358 e. The van der Waals surface area contributed by atoms with Crippen molar-refractivity contribution in [3.8, 4) is 0 Å². The van der Waals surface area contributed by atoms with Crippen molar-refractivity contribution in [2.45, 2.75) is 17.1 Å². The van der Waals surface area contributed by atoms with Crippen LogP contribution < -0.4 is 5.32 Å². The fourth-order valence-electron chi connectivity index (χ4n) is 1.66. The second-order valence-electron chi connectivity index (χ2n) is 4.42. The summed E-state index contributed by atoms with van der Waals surface area (Å²) in [6.07, 6.45) is 0. The van der Waals surface area contributed by atoms with Crippen LogP contribution in [0.5, 0.6) is 0 Å². The molecule has 0 bridgehead atoms. The Kier molecular flexibility index (Phi) is 5.57. The van der Waals surface area contributed by atoms with E-state index in [2.05, 4.69) is 39.3 Å². The Morgan fingerprint density at radius 2 is 2.00 bits per heavy atom. The lowest BCUT2D eigenvalue weighted by atomic mass is 10.4. The van der Waals surface area contributed by atoms with E-state index in [0.29, 0.717) is 11.1 Å². The van der Waals surface area contributed by atoms with E-state index < -0.39 is 5.97 Å². The van der Waals surface area contributed by atoms with Crippen LogP contribution in [0.2, 0.25) is 0 Å². The van der Waals surface area contributed by atoms with E-state index in [4.69, 9.17) is 0 Å². The largest absolute Gasteiger partial charge is 0.464 e. The van der Waals surface area contributed by atoms with Gasteiger partial charge in [-0.25, -0.2) is 4.79 Å². The van der Waals surface area contributed by atoms with Gasteiger partial charge in [0.25, 0.3) is 0 Å². The molecule has 0 fully saturated rings. The van der Waals surface area contributed by atoms with Crippen LogP contribution >= 0.6 is 11.8 Å². The average Bonchev–Trinajstić information content (AvgIpc) is 2.53. The summed E-state index contributed by atoms with van der Waals surface area (Å²) in [6.45, 7) is 2.90. The normalized spacial score (nSPS) is 11.7. The predicted molar refractivity (Wildman–Crippen MR) is 83.6 cm³/mol. The molecule has 0 aliphatic rings. The number of ether oxygens (including phenoxy) is 1. The maximum Gasteiger partial charge on any atom is 0.358 e. The highest BCUT2D eigenvalue weighted by Gasteiger charge is 2.08. The summed E-state index contributed by atoms with van der Waals surface area (Å²) in [4.78, 5) is 12.5. The minimum absolute atomic E-state index is 0.203. The molecular formula is C15H17N3O2S. The molecule has 2 aromatic rings. The van der Waals surface area contributed by atoms with Crippen molar-refractivity contribution >= 4 is 23.5 Å². The van der Waals surface area contributed by atoms with Crippen LogP contribution in [0.3, 0.4) is 0 Å². The van der Waals surface area contributed by atoms with Crippen LogP contribution in [0.15, 0.2) is 47.4 Å². The second-order valence-corrected chi connectivity index (χ2v) is 5.93. The molecule has 5 nitrogen and oxygen atoms in total. The summed E-state index contributed by atoms with van der Waals surface area (Å²) >= 11 is 1.79. The third-order valence-electron chi connectivity index (χ3n) is 2.71. The Morgan fingerprint density at radius 1 is 1.24 bits per heavy atom. The number of nitrogens with zero attached hydrogens (tertiary/aromatic N) is 2. The van der Waals surface area contributed by atoms with E-state index in [0.717, 1.165) is 6.54 Å². The van der Waals surface area contributed by atoms with E-state index in [9.17, 15) is 4.79 Å². The summed E-state index contributed by atoms with van der Waals surface area (Å²) in [5.74, 6) is 0.158. The van der Waals surface area contributed by atoms with Crippen molar-refractivity contribution < 1.29 is 9.53 Å². The van der Waals surface area contributed by atoms with Gasteiger partial charge in [-0.2, -0.15) is 0 Å². The van der Waals surface area contributed by atoms with Crippen LogP contribution in [-0.4, -0.2) is 35.1 Å². The lowest BCUT2D eigenvalue weighted by Crippen LogP contribution is -2.15. The monoisotopic (exact) mass is 303 g/mol. The van der Waals surface area contributed by atoms with Gasteiger partial charge < -0.3 is 10.1 Å². The number of carbonyl (C=O) groups excluding carboxylic acids is 1. The number of nitrogens with one attached hydrogen (secondary N) is 1. The highest BCUT2D eigenvalue weighted by molar-refractivity contribution is 8.00. The van der Waals surface area contributed by atoms with Gasteiger partial charge in [0, 0.05) is 16.7 Å². The van der Waals surface area contributed by atoms with Gasteiger partial charge in [-0.3, -0.25) is 0 Å². The summed E-state index contributed by atoms with van der Waals surface area (Å²) in [5, 5.41) is 11.4. The Bertz CT molecular complexity index is 575. The standard InChI is InChI=1S/C15H17N3O2S/c1-11(21-12-6-4-3-5-7-12)10-16-14-9-8-13(17-18-14)15(19)20-2/h3-9,11H,10H2,1-2H3,(H,16,18). The van der Waals surface area contributed by atoms with Gasteiger partial charge in [-0.1, -0.05) is 25.1 Å². The molecule has 1 aromatic heterocycles. The molecule has 1 aromatic carbocycles. The first-order chi connectivity index (χ1) is 10.2. The zero-order valence-electron chi connectivity index (χ0n) is 11.9. The van der Waals surface area contributed by atoms with Crippen LogP contribution in [-0.2, 0) is 4.74 Å². The number of hydrogen-bond acceptors (Lipinski definition) is 6. The number of thioether (sulfide) groups is 1. The lowest BCUT2D eigenvalue weighted by molar-refractivity contribution is 0.0593. The topological polar surface area (TPSA) is 64.1 Å². The number of methoxy groups -OCH3 is 1. The molecule has 110 valence electrons. The number of benzene rings is 1. The van der Waals surface area contributed by atoms with Gasteiger partial charge in [0.2, 0.25) is 0 Å². The van der Waals surface area contributed by atoms with Crippen LogP contribution in [0.25, 0.3) is 0 Å². The van der Waals surface area contributed by atoms with Crippen LogP contribution in [0.1, 0.15) is 17.4 Å². The molecule has 0 amide bonds. The zero-order valence-corrected chi connectivity index (χ0v) is 12.8. The molecular weight excluding hydrogens is 286 g/mol. The van der Waals surface area contributed by atoms with Gasteiger partial charge in [0.15, 0.2) is 5.69 Å². The molecule has 0 radical (unpaired) electrons. The van der Waals surface area contributed by atoms with Crippen molar-refractivity contribution in [3.63, 3.8) is 0 Å². The second kappa shape index (κ2) is 7.64. The fraction of sp³-hybridized carbons (Fsp3) is 0.267. The first-order valence-electron chi connectivity index (χ1n) is 6.56. The van der Waals surface area contributed by atoms with Crippen molar-refractivity contribution in [3.05, 3.63) is 48.2 Å². The summed E-state index contributed by atoms with van der Waals surface area (Å²) < 4.78 is 4.58. The summed E-state index contributed by atoms with van der Waals surface area (Å²) in [7, 11) is 1.32. The highest BCUT2D eigenvalue weighted by atomic mass is 32.2. The van der Waals surface area contributed by atoms with E-state index in [-0.39, 0.29) is 5.69 Å². The van der Waals surface area contributed by atoms with Crippen molar-refractivity contribution in [1.82, 2.24) is 10.2 Å². The van der Waals surface area contributed by atoms with Gasteiger partial charge in [-0.05, 0) is 24.3 Å². The number of hydrogen-bond donors (Lipinski definition) is 1. The third-order valence-corrected chi connectivity index (χ3v) is 3.82. The Hall–Kier alpha value is -2.08. The molecule has 0 saturated heterocycles. The molecule has 21 heavy (non-hydrogen) atoms. The van der Waals surface area contributed by atoms with Crippen LogP contribution in [0.4, 0.5) is 5.82 Å². The van der Waals surface area contributed by atoms with Crippen molar-refractivity contribution in [2.75, 3.05) is 19.0 Å². The summed E-state index contributed by atoms with van der Waals surface area (Å²) in [5.41, 5.74) is 0.203. The first-order valence-corrected chi connectivity index (χ1v) is 7.44. The van der Waals surface area contributed by atoms with E-state index >= 15 is 0 Å². The third kappa shape index (κ3) is 4.75. The fourth-order valence-corrected chi connectivity index (χ4v) is 2.61. The van der Waals surface area contributed by atoms with Crippen LogP contribution in [0, 0.1) is 0 Å². The van der Waals surface area contributed by atoms with Gasteiger partial charge in [0.05, 0.1) is 7.11 Å². The van der Waals surface area contributed by atoms with Crippen molar-refractivity contribution in [2.24, 2.45) is 0 Å². The molecule has 0 spiro atoms. The SMILES string of the molecule is COC(=O)c1ccc(NCC(C)Sc2ccccc2)nn1. The minimum atomic E-state index is -0.484. The minimum Gasteiger partial charge on any atom is -0.464 e. The van der Waals surface area contributed by atoms with E-state index in [1.807, 2.05) is 18.2 Å². The molecule has 0 aliphatic carbocycles. The summed E-state index contributed by atoms with van der Waals surface area (Å²) in [6, 6.07) is 13.6. The molecule has 6 heteroatoms. The highest BCUT2D eigenvalue weighted by Crippen LogP contribution is 2.22. The Balaban J connectivity index is 1.84. The number of rotatable bonds is 6. The van der Waals surface area contributed by atoms with Gasteiger partial charge >= 0.3 is 5.97 Å². The number of aromatic nitrogens is 2. The lowest BCUT2D eigenvalue weighted by Gasteiger charge is -2.12. The Labute approximate surface area is 128 Å². The number of carbonyl (C=O) groups is 1. The van der Waals surface area contributed by atoms with Gasteiger partial charge in [-0.15, -0.1) is 22.0 Å². The average molecular weight is 303 g/mol. The molecule has 1 heterocycles. The first kappa shape index (κ1) is 15.3. The van der Waals surface area contributed by atoms with Gasteiger partial charge in [0.1, 0.15) is 5.82 Å².